The van der Waals surface area contributed by atoms with Crippen LogP contribution in [0.25, 0.3) is 0 Å². The number of para-hydroxylation sites is 1. The average Bonchev–Trinajstić information content (AvgIpc) is 3.21. The fourth-order valence-electron chi connectivity index (χ4n) is 4.96. The Kier molecular flexibility index (Phi) is 4.10. The van der Waals surface area contributed by atoms with Crippen molar-refractivity contribution in [3.63, 3.8) is 0 Å². The third kappa shape index (κ3) is 2.19. The van der Waals surface area contributed by atoms with Crippen molar-refractivity contribution in [3.8, 4) is 0 Å². The van der Waals surface area contributed by atoms with Crippen molar-refractivity contribution < 1.29 is 24.8 Å². The van der Waals surface area contributed by atoms with Crippen LogP contribution in [0, 0.1) is 11.8 Å². The fourth-order valence-corrected chi connectivity index (χ4v) is 5.18. The summed E-state index contributed by atoms with van der Waals surface area (Å²) in [5, 5.41) is 15.2. The highest BCUT2D eigenvalue weighted by Crippen LogP contribution is 2.51. The SMILES string of the molecule is CC[C@@H](C)N1C(=O)[C@@H]2[C@H]([C@@H](C)O)[NH2+][C@]3(C(=O)Nc4c(Cl)cccc43)[C@@H]2C1=O. The molecule has 0 saturated carbocycles. The lowest BCUT2D eigenvalue weighted by molar-refractivity contribution is -0.738. The van der Waals surface area contributed by atoms with Crippen molar-refractivity contribution in [2.75, 3.05) is 5.32 Å². The number of amides is 3. The van der Waals surface area contributed by atoms with Crippen LogP contribution in [-0.2, 0) is 19.9 Å². The van der Waals surface area contributed by atoms with Crippen LogP contribution >= 0.6 is 11.6 Å². The van der Waals surface area contributed by atoms with Crippen molar-refractivity contribution in [1.82, 2.24) is 4.90 Å². The van der Waals surface area contributed by atoms with Crippen molar-refractivity contribution in [3.05, 3.63) is 28.8 Å². The molecule has 6 atom stereocenters. The molecule has 8 heteroatoms. The normalized spacial score (nSPS) is 34.0. The van der Waals surface area contributed by atoms with E-state index < -0.39 is 29.5 Å². The number of anilines is 1. The summed E-state index contributed by atoms with van der Waals surface area (Å²) in [5.74, 6) is -2.63. The molecule has 1 aromatic rings. The topological polar surface area (TPSA) is 103 Å². The average molecular weight is 393 g/mol. The molecule has 3 aliphatic rings. The van der Waals surface area contributed by atoms with E-state index in [-0.39, 0.29) is 23.8 Å². The van der Waals surface area contributed by atoms with Crippen LogP contribution in [0.15, 0.2) is 18.2 Å². The van der Waals surface area contributed by atoms with Crippen LogP contribution in [-0.4, -0.2) is 45.9 Å². The first-order valence-electron chi connectivity index (χ1n) is 9.27. The number of carbonyl (C=O) groups excluding carboxylic acids is 3. The second kappa shape index (κ2) is 6.02. The zero-order valence-electron chi connectivity index (χ0n) is 15.4. The van der Waals surface area contributed by atoms with E-state index in [1.165, 1.54) is 4.90 Å². The molecule has 0 radical (unpaired) electrons. The van der Waals surface area contributed by atoms with Gasteiger partial charge in [0, 0.05) is 11.6 Å². The van der Waals surface area contributed by atoms with E-state index in [4.69, 9.17) is 11.6 Å². The van der Waals surface area contributed by atoms with Crippen molar-refractivity contribution >= 4 is 35.0 Å². The summed E-state index contributed by atoms with van der Waals surface area (Å²) >= 11 is 6.26. The number of hydrogen-bond acceptors (Lipinski definition) is 4. The molecule has 4 rings (SSSR count). The Bertz CT molecular complexity index is 857. The fraction of sp³-hybridized carbons (Fsp3) is 0.526. The molecule has 0 bridgehead atoms. The molecule has 4 N–H and O–H groups in total. The third-order valence-electron chi connectivity index (χ3n) is 6.41. The van der Waals surface area contributed by atoms with Gasteiger partial charge in [0.15, 0.2) is 0 Å². The highest BCUT2D eigenvalue weighted by Gasteiger charge is 2.75. The number of quaternary nitrogens is 1. The number of halogens is 1. The number of likely N-dealkylation sites (tertiary alicyclic amines) is 1. The van der Waals surface area contributed by atoms with Gasteiger partial charge in [-0.2, -0.15) is 0 Å². The van der Waals surface area contributed by atoms with Gasteiger partial charge < -0.3 is 15.7 Å². The third-order valence-corrected chi connectivity index (χ3v) is 6.72. The van der Waals surface area contributed by atoms with Crippen LogP contribution in [0.2, 0.25) is 5.02 Å². The molecule has 27 heavy (non-hydrogen) atoms. The van der Waals surface area contributed by atoms with Gasteiger partial charge in [0.25, 0.3) is 5.91 Å². The summed E-state index contributed by atoms with van der Waals surface area (Å²) in [5.41, 5.74) is -0.209. The summed E-state index contributed by atoms with van der Waals surface area (Å²) in [6, 6.07) is 4.32. The number of nitrogens with zero attached hydrogens (tertiary/aromatic N) is 1. The molecular formula is C19H23ClN3O4+. The number of imide groups is 1. The van der Waals surface area contributed by atoms with Crippen LogP contribution in [0.3, 0.4) is 0 Å². The van der Waals surface area contributed by atoms with E-state index >= 15 is 0 Å². The number of hydrogen-bond donors (Lipinski definition) is 3. The molecule has 0 unspecified atom stereocenters. The van der Waals surface area contributed by atoms with Gasteiger partial charge in [-0.15, -0.1) is 0 Å². The van der Waals surface area contributed by atoms with Gasteiger partial charge in [-0.05, 0) is 32.4 Å². The van der Waals surface area contributed by atoms with Gasteiger partial charge in [0.1, 0.15) is 24.0 Å². The van der Waals surface area contributed by atoms with E-state index in [1.807, 2.05) is 13.8 Å². The number of benzene rings is 1. The van der Waals surface area contributed by atoms with Crippen LogP contribution < -0.4 is 10.6 Å². The lowest BCUT2D eigenvalue weighted by Crippen LogP contribution is -3.00. The molecule has 3 aliphatic heterocycles. The summed E-state index contributed by atoms with van der Waals surface area (Å²) in [6.45, 7) is 5.32. The molecule has 0 aromatic heterocycles. The van der Waals surface area contributed by atoms with Crippen molar-refractivity contribution in [2.24, 2.45) is 11.8 Å². The largest absolute Gasteiger partial charge is 0.387 e. The predicted octanol–water partition coefficient (Wildman–Crippen LogP) is 0.214. The van der Waals surface area contributed by atoms with Gasteiger partial charge in [-0.25, -0.2) is 0 Å². The minimum absolute atomic E-state index is 0.259. The smallest absolute Gasteiger partial charge is 0.291 e. The molecule has 7 nitrogen and oxygen atoms in total. The summed E-state index contributed by atoms with van der Waals surface area (Å²) < 4.78 is 0. The van der Waals surface area contributed by atoms with E-state index in [0.717, 1.165) is 0 Å². The Morgan fingerprint density at radius 2 is 2.00 bits per heavy atom. The second-order valence-corrected chi connectivity index (χ2v) is 8.18. The maximum atomic E-state index is 13.4. The molecule has 2 saturated heterocycles. The van der Waals surface area contributed by atoms with Crippen LogP contribution in [0.5, 0.6) is 0 Å². The van der Waals surface area contributed by atoms with Gasteiger partial charge >= 0.3 is 0 Å². The summed E-state index contributed by atoms with van der Waals surface area (Å²) in [6.07, 6.45) is -0.233. The van der Waals surface area contributed by atoms with Crippen molar-refractivity contribution in [2.45, 2.75) is 50.9 Å². The zero-order chi connectivity index (χ0) is 19.7. The Morgan fingerprint density at radius 3 is 2.63 bits per heavy atom. The first kappa shape index (κ1) is 18.4. The molecule has 0 aliphatic carbocycles. The Balaban J connectivity index is 1.92. The number of nitrogens with one attached hydrogen (secondary N) is 1. The van der Waals surface area contributed by atoms with Gasteiger partial charge in [0.05, 0.1) is 10.7 Å². The zero-order valence-corrected chi connectivity index (χ0v) is 16.2. The molecule has 3 heterocycles. The minimum Gasteiger partial charge on any atom is -0.387 e. The van der Waals surface area contributed by atoms with Crippen LogP contribution in [0.4, 0.5) is 5.69 Å². The van der Waals surface area contributed by atoms with E-state index in [1.54, 1.807) is 30.4 Å². The van der Waals surface area contributed by atoms with Gasteiger partial charge in [-0.1, -0.05) is 24.6 Å². The number of fused-ring (bicyclic) bond motifs is 4. The highest BCUT2D eigenvalue weighted by atomic mass is 35.5. The summed E-state index contributed by atoms with van der Waals surface area (Å²) in [4.78, 5) is 41.0. The first-order valence-corrected chi connectivity index (χ1v) is 9.65. The summed E-state index contributed by atoms with van der Waals surface area (Å²) in [7, 11) is 0. The number of nitrogens with two attached hydrogens (primary N) is 1. The van der Waals surface area contributed by atoms with Gasteiger partial charge in [-0.3, -0.25) is 19.3 Å². The number of carbonyl (C=O) groups is 3. The second-order valence-electron chi connectivity index (χ2n) is 7.78. The number of aliphatic hydroxyl groups excluding tert-OH is 1. The van der Waals surface area contributed by atoms with E-state index in [2.05, 4.69) is 5.32 Å². The number of aliphatic hydroxyl groups is 1. The molecule has 1 aromatic carbocycles. The Morgan fingerprint density at radius 1 is 1.30 bits per heavy atom. The molecule has 1 spiro atoms. The Labute approximate surface area is 162 Å². The van der Waals surface area contributed by atoms with Crippen LogP contribution in [0.1, 0.15) is 32.8 Å². The minimum atomic E-state index is -1.29. The highest BCUT2D eigenvalue weighted by molar-refractivity contribution is 6.35. The van der Waals surface area contributed by atoms with E-state index in [9.17, 15) is 19.5 Å². The molecule has 2 fully saturated rings. The first-order chi connectivity index (χ1) is 12.8. The maximum absolute atomic E-state index is 13.4. The van der Waals surface area contributed by atoms with E-state index in [0.29, 0.717) is 22.7 Å². The monoisotopic (exact) mass is 392 g/mol. The van der Waals surface area contributed by atoms with Gasteiger partial charge in [0.2, 0.25) is 17.4 Å². The number of rotatable bonds is 3. The molecule has 3 amide bonds. The Hall–Kier alpha value is -1.96. The maximum Gasteiger partial charge on any atom is 0.291 e. The lowest BCUT2D eigenvalue weighted by Gasteiger charge is -2.29. The molecular weight excluding hydrogens is 370 g/mol. The molecule has 144 valence electrons. The quantitative estimate of drug-likeness (QED) is 0.640. The van der Waals surface area contributed by atoms with Crippen molar-refractivity contribution in [1.29, 1.82) is 0 Å². The predicted molar refractivity (Wildman–Crippen MR) is 97.7 cm³/mol. The lowest BCUT2D eigenvalue weighted by atomic mass is 9.76. The standard InChI is InChI=1S/C19H22ClN3O4/c1-4-8(2)23-16(25)12-13(17(23)26)19(22-14(12)9(3)24)10-6-5-7-11(20)15(10)21-18(19)27/h5-9,12-14,22,24H,4H2,1-3H3,(H,21,27)/p+1/t8-,9-,12+,13+,14+,19+/m1/s1.